The van der Waals surface area contributed by atoms with Gasteiger partial charge in [-0.25, -0.2) is 0 Å². The number of nitrogens with one attached hydrogen (secondary N) is 2. The second kappa shape index (κ2) is 9.38. The van der Waals surface area contributed by atoms with Crippen molar-refractivity contribution >= 4 is 17.5 Å². The average molecular weight is 435 g/mol. The van der Waals surface area contributed by atoms with Crippen molar-refractivity contribution in [2.24, 2.45) is 0 Å². The average Bonchev–Trinajstić information content (AvgIpc) is 3.44. The zero-order valence-corrected chi connectivity index (χ0v) is 18.9. The van der Waals surface area contributed by atoms with Crippen molar-refractivity contribution in [1.82, 2.24) is 25.3 Å². The molecule has 0 spiro atoms. The van der Waals surface area contributed by atoms with Gasteiger partial charge in [-0.3, -0.25) is 19.8 Å². The summed E-state index contributed by atoms with van der Waals surface area (Å²) >= 11 is 0. The molecule has 8 heteroatoms. The Labute approximate surface area is 188 Å². The van der Waals surface area contributed by atoms with Gasteiger partial charge < -0.3 is 9.80 Å². The lowest BCUT2D eigenvalue weighted by molar-refractivity contribution is -0.132. The lowest BCUT2D eigenvalue weighted by Crippen LogP contribution is -2.38. The maximum Gasteiger partial charge on any atom is 0.278 e. The summed E-state index contributed by atoms with van der Waals surface area (Å²) in [5, 5.41) is 14.5. The summed E-state index contributed by atoms with van der Waals surface area (Å²) in [6, 6.07) is 11.4. The van der Waals surface area contributed by atoms with Gasteiger partial charge in [-0.15, -0.1) is 0 Å². The molecule has 168 valence electrons. The van der Waals surface area contributed by atoms with Gasteiger partial charge in [0.1, 0.15) is 0 Å². The van der Waals surface area contributed by atoms with Crippen LogP contribution in [0.25, 0.3) is 0 Å². The number of carbonyl (C=O) groups is 2. The standard InChI is InChI=1S/C24H30N6O2/c1-16-20(17(2)26-25-16)9-10-23(31)30-13-11-18(12-14-30)21-15-22(28-27-21)24(32)29(3)19-7-5-4-6-8-19/h4-8,15,18H,9-14H2,1-3H3,(H,25,26)(H,27,28). The molecule has 1 aliphatic heterocycles. The highest BCUT2D eigenvalue weighted by atomic mass is 16.2. The normalized spacial score (nSPS) is 14.5. The fraction of sp³-hybridized carbons (Fsp3) is 0.417. The first-order chi connectivity index (χ1) is 15.4. The van der Waals surface area contributed by atoms with Gasteiger partial charge in [0.15, 0.2) is 5.69 Å². The molecule has 2 amide bonds. The van der Waals surface area contributed by atoms with E-state index in [2.05, 4.69) is 20.4 Å². The highest BCUT2D eigenvalue weighted by molar-refractivity contribution is 6.04. The summed E-state index contributed by atoms with van der Waals surface area (Å²) in [4.78, 5) is 29.0. The molecule has 1 fully saturated rings. The SMILES string of the molecule is Cc1n[nH]c(C)c1CCC(=O)N1CCC(c2cc(C(=O)N(C)c3ccccc3)n[nH]2)CC1. The number of hydrogen-bond donors (Lipinski definition) is 2. The first-order valence-corrected chi connectivity index (χ1v) is 11.1. The van der Waals surface area contributed by atoms with Crippen LogP contribution in [0.3, 0.4) is 0 Å². The van der Waals surface area contributed by atoms with E-state index in [1.807, 2.05) is 55.1 Å². The van der Waals surface area contributed by atoms with Crippen LogP contribution < -0.4 is 4.90 Å². The third-order valence-electron chi connectivity index (χ3n) is 6.42. The summed E-state index contributed by atoms with van der Waals surface area (Å²) in [7, 11) is 1.75. The van der Waals surface area contributed by atoms with Crippen LogP contribution >= 0.6 is 0 Å². The number of hydrogen-bond acceptors (Lipinski definition) is 4. The number of aromatic nitrogens is 4. The number of para-hydroxylation sites is 1. The lowest BCUT2D eigenvalue weighted by atomic mass is 9.93. The van der Waals surface area contributed by atoms with E-state index in [0.29, 0.717) is 18.5 Å². The Kier molecular flexibility index (Phi) is 6.39. The van der Waals surface area contributed by atoms with E-state index in [9.17, 15) is 9.59 Å². The summed E-state index contributed by atoms with van der Waals surface area (Å²) in [5.41, 5.74) is 5.35. The van der Waals surface area contributed by atoms with E-state index in [-0.39, 0.29) is 17.7 Å². The Morgan fingerprint density at radius 1 is 1.09 bits per heavy atom. The molecular weight excluding hydrogens is 404 g/mol. The van der Waals surface area contributed by atoms with Crippen LogP contribution in [-0.2, 0) is 11.2 Å². The zero-order valence-electron chi connectivity index (χ0n) is 18.9. The number of anilines is 1. The van der Waals surface area contributed by atoms with Gasteiger partial charge >= 0.3 is 0 Å². The maximum absolute atomic E-state index is 12.8. The first kappa shape index (κ1) is 21.8. The number of H-pyrrole nitrogens is 2. The minimum absolute atomic E-state index is 0.142. The van der Waals surface area contributed by atoms with Crippen LogP contribution in [0.5, 0.6) is 0 Å². The first-order valence-electron chi connectivity index (χ1n) is 11.1. The summed E-state index contributed by atoms with van der Waals surface area (Å²) in [5.74, 6) is 0.318. The van der Waals surface area contributed by atoms with Crippen LogP contribution in [0.2, 0.25) is 0 Å². The number of likely N-dealkylation sites (tertiary alicyclic amines) is 1. The summed E-state index contributed by atoms with van der Waals surface area (Å²) in [6.45, 7) is 5.40. The molecule has 0 saturated carbocycles. The van der Waals surface area contributed by atoms with Crippen LogP contribution in [0, 0.1) is 13.8 Å². The molecule has 0 aliphatic carbocycles. The van der Waals surface area contributed by atoms with E-state index in [4.69, 9.17) is 0 Å². The van der Waals surface area contributed by atoms with E-state index in [0.717, 1.165) is 54.3 Å². The minimum atomic E-state index is -0.142. The summed E-state index contributed by atoms with van der Waals surface area (Å²) in [6.07, 6.45) is 2.94. The van der Waals surface area contributed by atoms with Gasteiger partial charge in [-0.1, -0.05) is 18.2 Å². The van der Waals surface area contributed by atoms with Gasteiger partial charge in [0.25, 0.3) is 5.91 Å². The molecule has 3 aromatic rings. The smallest absolute Gasteiger partial charge is 0.278 e. The largest absolute Gasteiger partial charge is 0.343 e. The topological polar surface area (TPSA) is 98.0 Å². The van der Waals surface area contributed by atoms with E-state index >= 15 is 0 Å². The number of benzene rings is 1. The van der Waals surface area contributed by atoms with Gasteiger partial charge in [-0.2, -0.15) is 10.2 Å². The van der Waals surface area contributed by atoms with Crippen LogP contribution in [0.15, 0.2) is 36.4 Å². The molecule has 1 saturated heterocycles. The predicted octanol–water partition coefficient (Wildman–Crippen LogP) is 3.37. The molecule has 0 bridgehead atoms. The molecule has 8 nitrogen and oxygen atoms in total. The fourth-order valence-corrected chi connectivity index (χ4v) is 4.37. The molecular formula is C24H30N6O2. The molecule has 1 aromatic carbocycles. The molecule has 4 rings (SSSR count). The molecule has 32 heavy (non-hydrogen) atoms. The van der Waals surface area contributed by atoms with Gasteiger partial charge in [0.2, 0.25) is 5.91 Å². The van der Waals surface area contributed by atoms with Crippen molar-refractivity contribution in [2.75, 3.05) is 25.0 Å². The van der Waals surface area contributed by atoms with Crippen molar-refractivity contribution in [3.8, 4) is 0 Å². The number of nitrogens with zero attached hydrogens (tertiary/aromatic N) is 4. The molecule has 3 heterocycles. The van der Waals surface area contributed by atoms with Gasteiger partial charge in [-0.05, 0) is 56.9 Å². The quantitative estimate of drug-likeness (QED) is 0.621. The second-order valence-electron chi connectivity index (χ2n) is 8.48. The van der Waals surface area contributed by atoms with Crippen molar-refractivity contribution < 1.29 is 9.59 Å². The Morgan fingerprint density at radius 2 is 1.81 bits per heavy atom. The Bertz CT molecular complexity index is 1060. The maximum atomic E-state index is 12.8. The van der Waals surface area contributed by atoms with Crippen molar-refractivity contribution in [3.63, 3.8) is 0 Å². The van der Waals surface area contributed by atoms with Crippen molar-refractivity contribution in [1.29, 1.82) is 0 Å². The molecule has 1 aliphatic rings. The van der Waals surface area contributed by atoms with E-state index in [1.54, 1.807) is 11.9 Å². The molecule has 0 radical (unpaired) electrons. The second-order valence-corrected chi connectivity index (χ2v) is 8.48. The van der Waals surface area contributed by atoms with Crippen molar-refractivity contribution in [2.45, 2.75) is 45.4 Å². The Hall–Kier alpha value is -3.42. The number of aromatic amines is 2. The molecule has 2 N–H and O–H groups in total. The number of aryl methyl sites for hydroxylation is 2. The van der Waals surface area contributed by atoms with E-state index < -0.39 is 0 Å². The third-order valence-corrected chi connectivity index (χ3v) is 6.42. The minimum Gasteiger partial charge on any atom is -0.343 e. The van der Waals surface area contributed by atoms with Gasteiger partial charge in [0.05, 0.1) is 5.69 Å². The Morgan fingerprint density at radius 3 is 2.47 bits per heavy atom. The molecule has 2 aromatic heterocycles. The van der Waals surface area contributed by atoms with E-state index in [1.165, 1.54) is 0 Å². The number of piperidine rings is 1. The number of carbonyl (C=O) groups excluding carboxylic acids is 2. The van der Waals surface area contributed by atoms with Crippen LogP contribution in [0.4, 0.5) is 5.69 Å². The lowest BCUT2D eigenvalue weighted by Gasteiger charge is -2.31. The molecule has 0 unspecified atom stereocenters. The highest BCUT2D eigenvalue weighted by Gasteiger charge is 2.26. The third kappa shape index (κ3) is 4.59. The Balaban J connectivity index is 1.30. The summed E-state index contributed by atoms with van der Waals surface area (Å²) < 4.78 is 0. The zero-order chi connectivity index (χ0) is 22.7. The van der Waals surface area contributed by atoms with Crippen LogP contribution in [-0.4, -0.2) is 57.2 Å². The predicted molar refractivity (Wildman–Crippen MR) is 123 cm³/mol. The number of rotatable bonds is 6. The highest BCUT2D eigenvalue weighted by Crippen LogP contribution is 2.28. The monoisotopic (exact) mass is 434 g/mol. The number of amides is 2. The van der Waals surface area contributed by atoms with Gasteiger partial charge in [0, 0.05) is 49.6 Å². The van der Waals surface area contributed by atoms with Crippen LogP contribution in [0.1, 0.15) is 58.3 Å². The fourth-order valence-electron chi connectivity index (χ4n) is 4.37. The van der Waals surface area contributed by atoms with Crippen molar-refractivity contribution in [3.05, 3.63) is 64.7 Å². The molecule has 0 atom stereocenters.